The minimum Gasteiger partial charge on any atom is -0.341 e. The van der Waals surface area contributed by atoms with Crippen LogP contribution >= 0.6 is 0 Å². The largest absolute Gasteiger partial charge is 0.341 e. The van der Waals surface area contributed by atoms with Crippen molar-refractivity contribution in [1.82, 2.24) is 39.1 Å². The minimum absolute atomic E-state index is 0.00831. The van der Waals surface area contributed by atoms with Crippen LogP contribution in [0.5, 0.6) is 0 Å². The normalized spacial score (nSPS) is 11.6. The topological polar surface area (TPSA) is 71.3 Å². The summed E-state index contributed by atoms with van der Waals surface area (Å²) in [6, 6.07) is 49.0. The molecular formula is C43H36N8. The van der Waals surface area contributed by atoms with E-state index in [1.165, 1.54) is 49.6 Å². The maximum absolute atomic E-state index is 4.57. The predicted octanol–water partition coefficient (Wildman–Crippen LogP) is 8.15. The molecule has 0 aliphatic carbocycles. The number of benzene rings is 5. The summed E-state index contributed by atoms with van der Waals surface area (Å²) < 4.78 is 8.47. The number of nitrogens with zero attached hydrogens (tertiary/aromatic N) is 8. The van der Waals surface area contributed by atoms with E-state index in [9.17, 15) is 0 Å². The molecule has 0 radical (unpaired) electrons. The van der Waals surface area contributed by atoms with Crippen LogP contribution in [-0.4, -0.2) is 39.1 Å². The fourth-order valence-electron chi connectivity index (χ4n) is 7.31. The maximum atomic E-state index is 4.57. The van der Waals surface area contributed by atoms with Gasteiger partial charge in [-0.25, -0.2) is 9.36 Å². The summed E-state index contributed by atoms with van der Waals surface area (Å²) in [5, 5.41) is 20.5. The third-order valence-corrected chi connectivity index (χ3v) is 9.61. The predicted molar refractivity (Wildman–Crippen MR) is 201 cm³/mol. The molecule has 9 aromatic rings. The van der Waals surface area contributed by atoms with Gasteiger partial charge in [0.2, 0.25) is 0 Å². The molecule has 8 nitrogen and oxygen atoms in total. The van der Waals surface area contributed by atoms with E-state index in [1.54, 1.807) is 0 Å². The Morgan fingerprint density at radius 3 is 1.29 bits per heavy atom. The van der Waals surface area contributed by atoms with Gasteiger partial charge in [0.1, 0.15) is 11.4 Å². The molecule has 248 valence electrons. The van der Waals surface area contributed by atoms with Crippen molar-refractivity contribution in [2.75, 3.05) is 0 Å². The Kier molecular flexibility index (Phi) is 8.02. The van der Waals surface area contributed by atoms with Crippen LogP contribution in [0, 0.1) is 0 Å². The molecule has 4 heterocycles. The molecule has 0 amide bonds. The van der Waals surface area contributed by atoms with Crippen molar-refractivity contribution in [3.8, 4) is 0 Å². The van der Waals surface area contributed by atoms with Crippen molar-refractivity contribution in [3.05, 3.63) is 204 Å². The first-order valence-electron chi connectivity index (χ1n) is 17.3. The average molecular weight is 665 g/mol. The first-order chi connectivity index (χ1) is 25.2. The molecule has 5 aromatic carbocycles. The van der Waals surface area contributed by atoms with E-state index in [2.05, 4.69) is 182 Å². The SMILES string of the molecule is c1ccc(Cn2cc(Cn3cc(C(c4ccccc4)c4cn(Cc5cn(Cc6ccccc6)nn5)c5ccccc45)c4ccccc43)nn2)cc1. The molecule has 0 aliphatic rings. The smallest absolute Gasteiger partial charge is 0.102 e. The zero-order chi connectivity index (χ0) is 34.0. The summed E-state index contributed by atoms with van der Waals surface area (Å²) in [4.78, 5) is 0. The van der Waals surface area contributed by atoms with E-state index in [0.717, 1.165) is 11.4 Å². The Bertz CT molecular complexity index is 2380. The Labute approximate surface area is 295 Å². The van der Waals surface area contributed by atoms with E-state index < -0.39 is 0 Å². The van der Waals surface area contributed by atoms with Crippen LogP contribution in [0.15, 0.2) is 164 Å². The molecule has 0 bridgehead atoms. The molecule has 0 spiro atoms. The standard InChI is InChI=1S/C43H36N8/c1-4-14-32(15-5-1)24-50-28-35(44-46-50)26-48-30-39(37-20-10-12-22-41(37)48)43(34-18-8-3-9-19-34)40-31-49(42-23-13-11-21-38(40)42)27-36-29-51(47-45-36)25-33-16-6-2-7-17-33/h1-23,28-31,43H,24-27H2. The van der Waals surface area contributed by atoms with Crippen molar-refractivity contribution >= 4 is 21.8 Å². The second-order valence-electron chi connectivity index (χ2n) is 13.1. The highest BCUT2D eigenvalue weighted by molar-refractivity contribution is 5.90. The van der Waals surface area contributed by atoms with Gasteiger partial charge in [-0.2, -0.15) is 0 Å². The number of aromatic nitrogens is 8. The van der Waals surface area contributed by atoms with Gasteiger partial charge in [0.15, 0.2) is 0 Å². The lowest BCUT2D eigenvalue weighted by molar-refractivity contribution is 0.649. The molecule has 0 aliphatic heterocycles. The van der Waals surface area contributed by atoms with E-state index in [4.69, 9.17) is 0 Å². The van der Waals surface area contributed by atoms with E-state index in [1.807, 2.05) is 21.5 Å². The number of para-hydroxylation sites is 2. The molecule has 0 fully saturated rings. The van der Waals surface area contributed by atoms with Gasteiger partial charge in [-0.1, -0.05) is 138 Å². The highest BCUT2D eigenvalue weighted by atomic mass is 15.4. The van der Waals surface area contributed by atoms with Crippen LogP contribution in [-0.2, 0) is 26.2 Å². The van der Waals surface area contributed by atoms with Crippen LogP contribution in [0.3, 0.4) is 0 Å². The van der Waals surface area contributed by atoms with Crippen LogP contribution in [0.1, 0.15) is 45.1 Å². The molecular weight excluding hydrogens is 629 g/mol. The molecule has 0 atom stereocenters. The molecule has 0 N–H and O–H groups in total. The highest BCUT2D eigenvalue weighted by Crippen LogP contribution is 2.41. The van der Waals surface area contributed by atoms with Gasteiger partial charge in [-0.3, -0.25) is 0 Å². The molecule has 0 unspecified atom stereocenters. The third-order valence-electron chi connectivity index (χ3n) is 9.61. The Hall–Kier alpha value is -6.54. The maximum Gasteiger partial charge on any atom is 0.102 e. The van der Waals surface area contributed by atoms with Gasteiger partial charge in [-0.15, -0.1) is 10.2 Å². The molecule has 8 heteroatoms. The van der Waals surface area contributed by atoms with E-state index >= 15 is 0 Å². The van der Waals surface area contributed by atoms with Gasteiger partial charge in [0, 0.05) is 40.1 Å². The lowest BCUT2D eigenvalue weighted by atomic mass is 9.85. The lowest BCUT2D eigenvalue weighted by Gasteiger charge is -2.17. The summed E-state index contributed by atoms with van der Waals surface area (Å²) in [6.07, 6.45) is 8.75. The molecule has 0 saturated heterocycles. The van der Waals surface area contributed by atoms with Crippen LogP contribution in [0.25, 0.3) is 21.8 Å². The number of hydrogen-bond donors (Lipinski definition) is 0. The Balaban J connectivity index is 1.09. The summed E-state index contributed by atoms with van der Waals surface area (Å²) in [5.74, 6) is -0.00831. The monoisotopic (exact) mass is 664 g/mol. The van der Waals surface area contributed by atoms with Gasteiger partial charge in [-0.05, 0) is 39.9 Å². The van der Waals surface area contributed by atoms with Gasteiger partial charge in [0.25, 0.3) is 0 Å². The molecule has 4 aromatic heterocycles. The van der Waals surface area contributed by atoms with Crippen molar-refractivity contribution in [3.63, 3.8) is 0 Å². The van der Waals surface area contributed by atoms with Crippen LogP contribution in [0.4, 0.5) is 0 Å². The van der Waals surface area contributed by atoms with Gasteiger partial charge in [0.05, 0.1) is 38.6 Å². The van der Waals surface area contributed by atoms with Crippen LogP contribution in [0.2, 0.25) is 0 Å². The number of rotatable bonds is 11. The molecule has 9 rings (SSSR count). The summed E-state index contributed by atoms with van der Waals surface area (Å²) in [5.41, 5.74) is 10.3. The van der Waals surface area contributed by atoms with E-state index in [0.29, 0.717) is 26.2 Å². The number of hydrogen-bond acceptors (Lipinski definition) is 4. The van der Waals surface area contributed by atoms with Crippen LogP contribution < -0.4 is 0 Å². The van der Waals surface area contributed by atoms with Gasteiger partial charge < -0.3 is 9.13 Å². The fourth-order valence-corrected chi connectivity index (χ4v) is 7.31. The summed E-state index contributed by atoms with van der Waals surface area (Å²) in [6.45, 7) is 2.62. The highest BCUT2D eigenvalue weighted by Gasteiger charge is 2.26. The zero-order valence-electron chi connectivity index (χ0n) is 28.1. The fraction of sp³-hybridized carbons (Fsp3) is 0.116. The van der Waals surface area contributed by atoms with Crippen molar-refractivity contribution < 1.29 is 0 Å². The lowest BCUT2D eigenvalue weighted by Crippen LogP contribution is -2.04. The van der Waals surface area contributed by atoms with Crippen molar-refractivity contribution in [2.24, 2.45) is 0 Å². The van der Waals surface area contributed by atoms with Crippen molar-refractivity contribution in [1.29, 1.82) is 0 Å². The molecule has 0 saturated carbocycles. The zero-order valence-corrected chi connectivity index (χ0v) is 28.1. The summed E-state index contributed by atoms with van der Waals surface area (Å²) in [7, 11) is 0. The van der Waals surface area contributed by atoms with E-state index in [-0.39, 0.29) is 5.92 Å². The Morgan fingerprint density at radius 1 is 0.412 bits per heavy atom. The first kappa shape index (κ1) is 30.5. The van der Waals surface area contributed by atoms with Crippen molar-refractivity contribution in [2.45, 2.75) is 32.1 Å². The quantitative estimate of drug-likeness (QED) is 0.140. The Morgan fingerprint density at radius 2 is 0.824 bits per heavy atom. The summed E-state index contributed by atoms with van der Waals surface area (Å²) >= 11 is 0. The second-order valence-corrected chi connectivity index (χ2v) is 13.1. The average Bonchev–Trinajstić information content (AvgIpc) is 3.98. The second kappa shape index (κ2) is 13.4. The minimum atomic E-state index is -0.00831. The third kappa shape index (κ3) is 6.24. The number of fused-ring (bicyclic) bond motifs is 2. The van der Waals surface area contributed by atoms with Gasteiger partial charge >= 0.3 is 0 Å². The first-order valence-corrected chi connectivity index (χ1v) is 17.3. The molecule has 51 heavy (non-hydrogen) atoms.